The number of anilines is 2. The van der Waals surface area contributed by atoms with Gasteiger partial charge in [0.2, 0.25) is 0 Å². The van der Waals surface area contributed by atoms with Crippen molar-refractivity contribution in [3.8, 4) is 6.07 Å². The maximum atomic E-state index is 11.5. The molecule has 4 N–H and O–H groups in total. The number of hydrogen-bond donors (Lipinski definition) is 3. The molecule has 0 fully saturated rings. The Morgan fingerprint density at radius 3 is 2.30 bits per heavy atom. The van der Waals surface area contributed by atoms with Gasteiger partial charge in [-0.3, -0.25) is 15.3 Å². The largest absolute Gasteiger partial charge is 0.478 e. The van der Waals surface area contributed by atoms with Crippen molar-refractivity contribution < 1.29 is 29.0 Å². The first kappa shape index (κ1) is 23.8. The zero-order valence-electron chi connectivity index (χ0n) is 16.6. The number of pyridine rings is 2. The third-order valence-electron chi connectivity index (χ3n) is 3.03. The van der Waals surface area contributed by atoms with Crippen LogP contribution in [0.15, 0.2) is 36.9 Å². The Morgan fingerprint density at radius 1 is 1.17 bits per heavy atom. The van der Waals surface area contributed by atoms with Gasteiger partial charge in [-0.25, -0.2) is 14.4 Å². The van der Waals surface area contributed by atoms with Gasteiger partial charge in [0.15, 0.2) is 6.61 Å². The molecule has 2 aromatic rings. The zero-order chi connectivity index (χ0) is 22.7. The quantitative estimate of drug-likeness (QED) is 0.628. The molecule has 0 aromatic carbocycles. The topological polar surface area (TPSA) is 178 Å². The SMILES string of the molecule is CC(C)(C)OC(=O)Nc1ccncc1C(=O)O.N#CCOC(=O)c1cnccc1N. The molecule has 0 unspecified atom stereocenters. The normalized spacial score (nSPS) is 9.93. The van der Waals surface area contributed by atoms with Gasteiger partial charge in [-0.05, 0) is 32.9 Å². The number of amides is 1. The molecule has 0 saturated heterocycles. The number of nitrogens with zero attached hydrogens (tertiary/aromatic N) is 3. The van der Waals surface area contributed by atoms with Gasteiger partial charge >= 0.3 is 18.0 Å². The van der Waals surface area contributed by atoms with Crippen LogP contribution >= 0.6 is 0 Å². The molecule has 0 aliphatic carbocycles. The number of nitrogens with one attached hydrogen (secondary N) is 1. The third kappa shape index (κ3) is 8.22. The number of carbonyl (C=O) groups excluding carboxylic acids is 2. The van der Waals surface area contributed by atoms with E-state index in [-0.39, 0.29) is 29.1 Å². The fraction of sp³-hybridized carbons (Fsp3) is 0.263. The number of esters is 1. The van der Waals surface area contributed by atoms with Crippen LogP contribution in [0.1, 0.15) is 41.5 Å². The summed E-state index contributed by atoms with van der Waals surface area (Å²) >= 11 is 0. The number of nitrogens with two attached hydrogens (primary N) is 1. The molecule has 1 amide bonds. The molecule has 2 aromatic heterocycles. The van der Waals surface area contributed by atoms with Crippen molar-refractivity contribution in [2.24, 2.45) is 0 Å². The second-order valence-corrected chi connectivity index (χ2v) is 6.55. The van der Waals surface area contributed by atoms with Crippen LogP contribution in [0.4, 0.5) is 16.2 Å². The highest BCUT2D eigenvalue weighted by Crippen LogP contribution is 2.15. The van der Waals surface area contributed by atoms with Crippen LogP contribution in [-0.4, -0.2) is 45.3 Å². The molecular weight excluding hydrogens is 394 g/mol. The van der Waals surface area contributed by atoms with Gasteiger partial charge < -0.3 is 20.3 Å². The molecule has 11 nitrogen and oxygen atoms in total. The fourth-order valence-electron chi connectivity index (χ4n) is 1.84. The smallest absolute Gasteiger partial charge is 0.412 e. The Hall–Kier alpha value is -4.20. The monoisotopic (exact) mass is 415 g/mol. The second kappa shape index (κ2) is 11.0. The zero-order valence-corrected chi connectivity index (χ0v) is 16.6. The summed E-state index contributed by atoms with van der Waals surface area (Å²) in [6.07, 6.45) is 4.62. The summed E-state index contributed by atoms with van der Waals surface area (Å²) < 4.78 is 9.55. The average Bonchev–Trinajstić information content (AvgIpc) is 2.65. The highest BCUT2D eigenvalue weighted by atomic mass is 16.6. The molecule has 0 atom stereocenters. The first-order valence-electron chi connectivity index (χ1n) is 8.46. The predicted molar refractivity (Wildman–Crippen MR) is 106 cm³/mol. The molecule has 0 spiro atoms. The lowest BCUT2D eigenvalue weighted by Crippen LogP contribution is -2.27. The van der Waals surface area contributed by atoms with Crippen molar-refractivity contribution in [3.63, 3.8) is 0 Å². The summed E-state index contributed by atoms with van der Waals surface area (Å²) in [5, 5.41) is 19.4. The van der Waals surface area contributed by atoms with E-state index in [1.165, 1.54) is 30.7 Å². The number of carbonyl (C=O) groups is 3. The Kier molecular flexibility index (Phi) is 8.71. The van der Waals surface area contributed by atoms with E-state index in [2.05, 4.69) is 20.0 Å². The lowest BCUT2D eigenvalue weighted by atomic mass is 10.2. The first-order chi connectivity index (χ1) is 14.0. The van der Waals surface area contributed by atoms with Crippen molar-refractivity contribution >= 4 is 29.4 Å². The Bertz CT molecular complexity index is 949. The van der Waals surface area contributed by atoms with E-state index < -0.39 is 23.6 Å². The minimum atomic E-state index is -1.16. The minimum Gasteiger partial charge on any atom is -0.478 e. The summed E-state index contributed by atoms with van der Waals surface area (Å²) in [7, 11) is 0. The number of nitrogen functional groups attached to an aromatic ring is 1. The number of rotatable bonds is 4. The highest BCUT2D eigenvalue weighted by Gasteiger charge is 2.18. The maximum absolute atomic E-state index is 11.5. The van der Waals surface area contributed by atoms with Gasteiger partial charge in [0.1, 0.15) is 22.8 Å². The van der Waals surface area contributed by atoms with Gasteiger partial charge in [0.05, 0.1) is 5.69 Å². The van der Waals surface area contributed by atoms with E-state index in [0.717, 1.165) is 6.20 Å². The summed E-state index contributed by atoms with van der Waals surface area (Å²) in [5.74, 6) is -1.80. The van der Waals surface area contributed by atoms with E-state index in [0.29, 0.717) is 0 Å². The van der Waals surface area contributed by atoms with Gasteiger partial charge in [0.25, 0.3) is 0 Å². The molecule has 158 valence electrons. The van der Waals surface area contributed by atoms with Crippen LogP contribution in [0.25, 0.3) is 0 Å². The van der Waals surface area contributed by atoms with Crippen LogP contribution in [-0.2, 0) is 9.47 Å². The molecule has 2 rings (SSSR count). The van der Waals surface area contributed by atoms with E-state index in [9.17, 15) is 14.4 Å². The van der Waals surface area contributed by atoms with Gasteiger partial charge in [-0.2, -0.15) is 5.26 Å². The molecule has 0 aliphatic heterocycles. The first-order valence-corrected chi connectivity index (χ1v) is 8.46. The van der Waals surface area contributed by atoms with E-state index in [1.54, 1.807) is 26.8 Å². The standard InChI is InChI=1S/C11H14N2O4.C8H7N3O2/c1-11(2,3)17-10(16)13-8-4-5-12-6-7(8)9(14)15;9-2-4-13-8(12)6-5-11-3-1-7(6)10/h4-6H,1-3H3,(H,14,15)(H,12,13,16);1,3,5H,4H2,(H2,10,11). The van der Waals surface area contributed by atoms with Crippen molar-refractivity contribution in [2.45, 2.75) is 26.4 Å². The van der Waals surface area contributed by atoms with Crippen molar-refractivity contribution in [1.29, 1.82) is 5.26 Å². The van der Waals surface area contributed by atoms with Crippen LogP contribution in [0, 0.1) is 11.3 Å². The summed E-state index contributed by atoms with van der Waals surface area (Å²) in [5.41, 5.74) is 5.37. The Labute approximate surface area is 172 Å². The van der Waals surface area contributed by atoms with E-state index in [4.69, 9.17) is 20.8 Å². The van der Waals surface area contributed by atoms with Crippen molar-refractivity contribution in [3.05, 3.63) is 48.0 Å². The number of aromatic nitrogens is 2. The fourth-order valence-corrected chi connectivity index (χ4v) is 1.84. The van der Waals surface area contributed by atoms with E-state index >= 15 is 0 Å². The Morgan fingerprint density at radius 2 is 1.77 bits per heavy atom. The number of carboxylic acid groups (broad SMARTS) is 1. The number of hydrogen-bond acceptors (Lipinski definition) is 9. The van der Waals surface area contributed by atoms with Crippen LogP contribution in [0.2, 0.25) is 0 Å². The summed E-state index contributed by atoms with van der Waals surface area (Å²) in [6, 6.07) is 4.57. The molecule has 11 heteroatoms. The van der Waals surface area contributed by atoms with Crippen molar-refractivity contribution in [2.75, 3.05) is 17.7 Å². The summed E-state index contributed by atoms with van der Waals surface area (Å²) in [4.78, 5) is 40.8. The van der Waals surface area contributed by atoms with Gasteiger partial charge in [-0.15, -0.1) is 0 Å². The van der Waals surface area contributed by atoms with Crippen LogP contribution in [0.3, 0.4) is 0 Å². The van der Waals surface area contributed by atoms with Crippen LogP contribution < -0.4 is 11.1 Å². The molecule has 0 bridgehead atoms. The number of carboxylic acids is 1. The van der Waals surface area contributed by atoms with Gasteiger partial charge in [-0.1, -0.05) is 0 Å². The molecule has 0 radical (unpaired) electrons. The highest BCUT2D eigenvalue weighted by molar-refractivity contribution is 5.98. The summed E-state index contributed by atoms with van der Waals surface area (Å²) in [6.45, 7) is 4.87. The second-order valence-electron chi connectivity index (χ2n) is 6.55. The molecule has 0 saturated carbocycles. The molecule has 0 aliphatic rings. The molecule has 30 heavy (non-hydrogen) atoms. The molecule has 2 heterocycles. The number of nitriles is 1. The third-order valence-corrected chi connectivity index (χ3v) is 3.03. The lowest BCUT2D eigenvalue weighted by Gasteiger charge is -2.19. The number of ether oxygens (including phenoxy) is 2. The number of aromatic carboxylic acids is 1. The van der Waals surface area contributed by atoms with Crippen LogP contribution in [0.5, 0.6) is 0 Å². The average molecular weight is 415 g/mol. The minimum absolute atomic E-state index is 0.0849. The maximum Gasteiger partial charge on any atom is 0.412 e. The predicted octanol–water partition coefficient (Wildman–Crippen LogP) is 2.47. The van der Waals surface area contributed by atoms with Crippen molar-refractivity contribution in [1.82, 2.24) is 9.97 Å². The van der Waals surface area contributed by atoms with Gasteiger partial charge in [0, 0.05) is 30.5 Å². The Balaban J connectivity index is 0.000000311. The molecular formula is C19H21N5O6. The lowest BCUT2D eigenvalue weighted by molar-refractivity contribution is 0.0554. The van der Waals surface area contributed by atoms with E-state index in [1.807, 2.05) is 0 Å².